The zero-order valence-corrected chi connectivity index (χ0v) is 17.1. The molecule has 1 aliphatic rings. The molecule has 0 bridgehead atoms. The molecule has 0 aromatic heterocycles. The van der Waals surface area contributed by atoms with Gasteiger partial charge in [-0.1, -0.05) is 31.2 Å². The predicted molar refractivity (Wildman–Crippen MR) is 109 cm³/mol. The highest BCUT2D eigenvalue weighted by Gasteiger charge is 2.17. The van der Waals surface area contributed by atoms with Gasteiger partial charge in [0.25, 0.3) is 0 Å². The molecule has 1 aromatic rings. The number of nitrogens with zero attached hydrogens (tertiary/aromatic N) is 2. The molecule has 26 heavy (non-hydrogen) atoms. The van der Waals surface area contributed by atoms with E-state index in [0.717, 1.165) is 25.0 Å². The number of rotatable bonds is 7. The van der Waals surface area contributed by atoms with E-state index in [-0.39, 0.29) is 5.60 Å². The maximum absolute atomic E-state index is 5.44. The standard InChI is InChI=1S/C21H36N4O/c1-17-9-11-25(12-10-17)15-19-8-6-7-18(13-19)14-23-20(22-4)24-16-21(2,3)26-5/h6-8,13,17H,9-12,14-16H2,1-5H3,(H2,22,23,24). The maximum Gasteiger partial charge on any atom is 0.191 e. The summed E-state index contributed by atoms with van der Waals surface area (Å²) in [5.74, 6) is 1.68. The molecule has 2 N–H and O–H groups in total. The lowest BCUT2D eigenvalue weighted by Crippen LogP contribution is -2.45. The van der Waals surface area contributed by atoms with Crippen LogP contribution in [0.15, 0.2) is 29.3 Å². The molecule has 0 spiro atoms. The van der Waals surface area contributed by atoms with Gasteiger partial charge in [-0.25, -0.2) is 0 Å². The van der Waals surface area contributed by atoms with Crippen molar-refractivity contribution in [1.29, 1.82) is 0 Å². The fourth-order valence-electron chi connectivity index (χ4n) is 3.09. The van der Waals surface area contributed by atoms with Crippen LogP contribution in [0.3, 0.4) is 0 Å². The second-order valence-corrected chi connectivity index (χ2v) is 8.02. The van der Waals surface area contributed by atoms with Crippen molar-refractivity contribution in [3.05, 3.63) is 35.4 Å². The number of likely N-dealkylation sites (tertiary alicyclic amines) is 1. The van der Waals surface area contributed by atoms with Gasteiger partial charge in [-0.3, -0.25) is 9.89 Å². The van der Waals surface area contributed by atoms with Gasteiger partial charge in [0.2, 0.25) is 0 Å². The van der Waals surface area contributed by atoms with Gasteiger partial charge < -0.3 is 15.4 Å². The number of nitrogens with one attached hydrogen (secondary N) is 2. The summed E-state index contributed by atoms with van der Waals surface area (Å²) in [7, 11) is 3.52. The second kappa shape index (κ2) is 9.93. The number of hydrogen-bond acceptors (Lipinski definition) is 3. The first-order valence-corrected chi connectivity index (χ1v) is 9.71. The van der Waals surface area contributed by atoms with Crippen LogP contribution < -0.4 is 10.6 Å². The number of benzene rings is 1. The Labute approximate surface area is 159 Å². The SMILES string of the molecule is CN=C(NCc1cccc(CN2CCC(C)CC2)c1)NCC(C)(C)OC. The highest BCUT2D eigenvalue weighted by molar-refractivity contribution is 5.79. The molecule has 0 aliphatic carbocycles. The molecule has 1 heterocycles. The third-order valence-electron chi connectivity index (χ3n) is 5.19. The van der Waals surface area contributed by atoms with Crippen LogP contribution in [-0.2, 0) is 17.8 Å². The number of piperidine rings is 1. The van der Waals surface area contributed by atoms with E-state index in [1.165, 1.54) is 37.1 Å². The smallest absolute Gasteiger partial charge is 0.191 e. The molecule has 0 saturated carbocycles. The number of guanidine groups is 1. The van der Waals surface area contributed by atoms with Gasteiger partial charge in [-0.2, -0.15) is 0 Å². The minimum atomic E-state index is -0.219. The lowest BCUT2D eigenvalue weighted by Gasteiger charge is -2.30. The van der Waals surface area contributed by atoms with E-state index >= 15 is 0 Å². The Bertz CT molecular complexity index is 577. The van der Waals surface area contributed by atoms with Crippen LogP contribution in [0.1, 0.15) is 44.7 Å². The molecule has 0 amide bonds. The summed E-state index contributed by atoms with van der Waals surface area (Å²) in [5, 5.41) is 6.71. The number of hydrogen-bond donors (Lipinski definition) is 2. The molecule has 1 aliphatic heterocycles. The zero-order valence-electron chi connectivity index (χ0n) is 17.1. The fourth-order valence-corrected chi connectivity index (χ4v) is 3.09. The third-order valence-corrected chi connectivity index (χ3v) is 5.19. The fraction of sp³-hybridized carbons (Fsp3) is 0.667. The van der Waals surface area contributed by atoms with E-state index in [0.29, 0.717) is 6.54 Å². The number of ether oxygens (including phenoxy) is 1. The van der Waals surface area contributed by atoms with Crippen molar-refractivity contribution in [3.8, 4) is 0 Å². The summed E-state index contributed by atoms with van der Waals surface area (Å²) in [6, 6.07) is 8.86. The average Bonchev–Trinajstić information content (AvgIpc) is 2.64. The van der Waals surface area contributed by atoms with Crippen LogP contribution in [0, 0.1) is 5.92 Å². The largest absolute Gasteiger partial charge is 0.377 e. The quantitative estimate of drug-likeness (QED) is 0.580. The van der Waals surface area contributed by atoms with Gasteiger partial charge in [-0.05, 0) is 56.8 Å². The van der Waals surface area contributed by atoms with Gasteiger partial charge in [0.1, 0.15) is 0 Å². The predicted octanol–water partition coefficient (Wildman–Crippen LogP) is 3.01. The van der Waals surface area contributed by atoms with Gasteiger partial charge >= 0.3 is 0 Å². The van der Waals surface area contributed by atoms with Gasteiger partial charge in [-0.15, -0.1) is 0 Å². The Morgan fingerprint density at radius 3 is 2.58 bits per heavy atom. The third kappa shape index (κ3) is 6.96. The highest BCUT2D eigenvalue weighted by atomic mass is 16.5. The molecule has 1 aromatic carbocycles. The van der Waals surface area contributed by atoms with Crippen LogP contribution in [0.5, 0.6) is 0 Å². The zero-order chi connectivity index (χ0) is 19.0. The molecule has 0 unspecified atom stereocenters. The summed E-state index contributed by atoms with van der Waals surface area (Å²) in [5.41, 5.74) is 2.45. The van der Waals surface area contributed by atoms with Crippen molar-refractivity contribution in [3.63, 3.8) is 0 Å². The summed E-state index contributed by atoms with van der Waals surface area (Å²) in [6.45, 7) is 11.4. The summed E-state index contributed by atoms with van der Waals surface area (Å²) < 4.78 is 5.44. The lowest BCUT2D eigenvalue weighted by molar-refractivity contribution is 0.0268. The Morgan fingerprint density at radius 1 is 1.23 bits per heavy atom. The number of aliphatic imine (C=N–C) groups is 1. The monoisotopic (exact) mass is 360 g/mol. The Morgan fingerprint density at radius 2 is 1.92 bits per heavy atom. The van der Waals surface area contributed by atoms with Crippen molar-refractivity contribution < 1.29 is 4.74 Å². The van der Waals surface area contributed by atoms with E-state index < -0.39 is 0 Å². The van der Waals surface area contributed by atoms with E-state index in [2.05, 4.69) is 65.6 Å². The Kier molecular flexibility index (Phi) is 7.91. The van der Waals surface area contributed by atoms with E-state index in [4.69, 9.17) is 4.74 Å². The molecule has 2 rings (SSSR count). The summed E-state index contributed by atoms with van der Waals surface area (Å²) in [4.78, 5) is 6.86. The molecule has 0 radical (unpaired) electrons. The molecular formula is C21H36N4O. The minimum absolute atomic E-state index is 0.219. The first kappa shape index (κ1) is 20.7. The van der Waals surface area contributed by atoms with E-state index in [1.807, 2.05) is 0 Å². The van der Waals surface area contributed by atoms with Crippen LogP contribution in [0.2, 0.25) is 0 Å². The van der Waals surface area contributed by atoms with Crippen LogP contribution in [0.25, 0.3) is 0 Å². The maximum atomic E-state index is 5.44. The molecular weight excluding hydrogens is 324 g/mol. The van der Waals surface area contributed by atoms with Crippen molar-refractivity contribution in [2.24, 2.45) is 10.9 Å². The Balaban J connectivity index is 1.83. The minimum Gasteiger partial charge on any atom is -0.377 e. The Hall–Kier alpha value is -1.59. The first-order chi connectivity index (χ1) is 12.4. The second-order valence-electron chi connectivity index (χ2n) is 8.02. The van der Waals surface area contributed by atoms with Crippen molar-refractivity contribution in [1.82, 2.24) is 15.5 Å². The molecule has 1 saturated heterocycles. The normalized spacial score (nSPS) is 17.3. The summed E-state index contributed by atoms with van der Waals surface area (Å²) >= 11 is 0. The van der Waals surface area contributed by atoms with Crippen LogP contribution >= 0.6 is 0 Å². The van der Waals surface area contributed by atoms with E-state index in [1.54, 1.807) is 14.2 Å². The van der Waals surface area contributed by atoms with Gasteiger partial charge in [0, 0.05) is 33.8 Å². The lowest BCUT2D eigenvalue weighted by atomic mass is 9.98. The van der Waals surface area contributed by atoms with Gasteiger partial charge in [0.15, 0.2) is 5.96 Å². The van der Waals surface area contributed by atoms with Crippen LogP contribution in [-0.4, -0.2) is 50.3 Å². The molecule has 1 fully saturated rings. The molecule has 5 nitrogen and oxygen atoms in total. The van der Waals surface area contributed by atoms with Crippen molar-refractivity contribution in [2.45, 2.75) is 52.3 Å². The highest BCUT2D eigenvalue weighted by Crippen LogP contribution is 2.18. The van der Waals surface area contributed by atoms with E-state index in [9.17, 15) is 0 Å². The number of methoxy groups -OCH3 is 1. The average molecular weight is 361 g/mol. The topological polar surface area (TPSA) is 48.9 Å². The molecule has 5 heteroatoms. The van der Waals surface area contributed by atoms with Crippen LogP contribution in [0.4, 0.5) is 0 Å². The first-order valence-electron chi connectivity index (χ1n) is 9.71. The molecule has 0 atom stereocenters. The van der Waals surface area contributed by atoms with Crippen molar-refractivity contribution in [2.75, 3.05) is 33.8 Å². The molecule has 146 valence electrons. The van der Waals surface area contributed by atoms with Gasteiger partial charge in [0.05, 0.1) is 5.60 Å². The summed E-state index contributed by atoms with van der Waals surface area (Å²) in [6.07, 6.45) is 2.64. The van der Waals surface area contributed by atoms with Crippen molar-refractivity contribution >= 4 is 5.96 Å².